The predicted octanol–water partition coefficient (Wildman–Crippen LogP) is 2.57. The van der Waals surface area contributed by atoms with Gasteiger partial charge in [0.15, 0.2) is 27.2 Å². The zero-order valence-electron chi connectivity index (χ0n) is 18.8. The Balaban J connectivity index is 1.20. The van der Waals surface area contributed by atoms with Crippen LogP contribution in [0.2, 0.25) is 0 Å². The van der Waals surface area contributed by atoms with E-state index in [1.807, 2.05) is 0 Å². The van der Waals surface area contributed by atoms with E-state index in [0.29, 0.717) is 25.9 Å². The Bertz CT molecular complexity index is 1190. The third-order valence-corrected chi connectivity index (χ3v) is 8.75. The Hall–Kier alpha value is -3.15. The number of hydrogen-bond donors (Lipinski definition) is 1. The number of hydrogen-bond acceptors (Lipinski definition) is 7. The monoisotopic (exact) mass is 509 g/mol. The molecule has 0 bridgehead atoms. The number of nitrogens with zero attached hydrogens (tertiary/aromatic N) is 2. The van der Waals surface area contributed by atoms with Gasteiger partial charge in [0.1, 0.15) is 11.8 Å². The quantitative estimate of drug-likeness (QED) is 0.638. The molecule has 1 N–H and O–H groups in total. The first-order valence-electron chi connectivity index (χ1n) is 11.4. The van der Waals surface area contributed by atoms with E-state index < -0.39 is 39.6 Å². The molecule has 3 aliphatic rings. The number of piperidine rings is 1. The fourth-order valence-corrected chi connectivity index (χ4v) is 6.77. The molecule has 1 unspecified atom stereocenters. The molecule has 12 heteroatoms. The van der Waals surface area contributed by atoms with Gasteiger partial charge in [0, 0.05) is 25.2 Å². The molecule has 3 aliphatic heterocycles. The standard InChI is InChI=1S/C23H25F2N3O6S/c24-18-8-16(28-11-17(34-23(28)30)10-26-22(29)20-2-1-7-33-20)9-19(25)21(18)27-5-3-14(4-6-27)15-12-35(31,32)13-15/h1-2,7-9,14-15,17H,3-6,10-13H2,(H,26,29). The van der Waals surface area contributed by atoms with E-state index in [9.17, 15) is 18.0 Å². The summed E-state index contributed by atoms with van der Waals surface area (Å²) in [5, 5.41) is 2.59. The highest BCUT2D eigenvalue weighted by atomic mass is 32.2. The van der Waals surface area contributed by atoms with Gasteiger partial charge >= 0.3 is 6.09 Å². The van der Waals surface area contributed by atoms with Crippen molar-refractivity contribution in [2.45, 2.75) is 18.9 Å². The number of carbonyl (C=O) groups excluding carboxylic acids is 2. The van der Waals surface area contributed by atoms with Crippen LogP contribution in [0.25, 0.3) is 0 Å². The number of halogens is 2. The van der Waals surface area contributed by atoms with Gasteiger partial charge in [-0.05, 0) is 36.8 Å². The Morgan fingerprint density at radius 2 is 1.80 bits per heavy atom. The Kier molecular flexibility index (Phi) is 6.16. The highest BCUT2D eigenvalue weighted by molar-refractivity contribution is 7.92. The highest BCUT2D eigenvalue weighted by Gasteiger charge is 2.40. The molecular weight excluding hydrogens is 484 g/mol. The summed E-state index contributed by atoms with van der Waals surface area (Å²) in [6.07, 6.45) is 1.25. The Labute approximate surface area is 200 Å². The molecule has 1 aromatic carbocycles. The van der Waals surface area contributed by atoms with Gasteiger partial charge < -0.3 is 19.4 Å². The molecule has 1 atom stereocenters. The zero-order valence-corrected chi connectivity index (χ0v) is 19.6. The normalized spacial score (nSPS) is 22.7. The van der Waals surface area contributed by atoms with Crippen LogP contribution < -0.4 is 15.1 Å². The van der Waals surface area contributed by atoms with E-state index in [2.05, 4.69) is 5.32 Å². The van der Waals surface area contributed by atoms with Gasteiger partial charge in [0.05, 0.1) is 36.5 Å². The molecule has 0 spiro atoms. The molecule has 2 aromatic rings. The lowest BCUT2D eigenvalue weighted by atomic mass is 9.86. The van der Waals surface area contributed by atoms with E-state index >= 15 is 8.78 Å². The van der Waals surface area contributed by atoms with E-state index in [1.165, 1.54) is 12.3 Å². The maximum absolute atomic E-state index is 15.0. The van der Waals surface area contributed by atoms with Crippen LogP contribution in [0.15, 0.2) is 34.9 Å². The molecule has 3 fully saturated rings. The molecule has 9 nitrogen and oxygen atoms in total. The van der Waals surface area contributed by atoms with Crippen LogP contribution in [0, 0.1) is 23.5 Å². The van der Waals surface area contributed by atoms with Crippen molar-refractivity contribution in [3.63, 3.8) is 0 Å². The highest BCUT2D eigenvalue weighted by Crippen LogP contribution is 2.37. The van der Waals surface area contributed by atoms with Crippen molar-refractivity contribution in [1.29, 1.82) is 0 Å². The number of amides is 2. The largest absolute Gasteiger partial charge is 0.459 e. The predicted molar refractivity (Wildman–Crippen MR) is 122 cm³/mol. The number of cyclic esters (lactones) is 1. The summed E-state index contributed by atoms with van der Waals surface area (Å²) in [6, 6.07) is 5.28. The minimum absolute atomic E-state index is 0.0159. The fourth-order valence-electron chi connectivity index (χ4n) is 5.02. The summed E-state index contributed by atoms with van der Waals surface area (Å²) in [5.41, 5.74) is -0.119. The van der Waals surface area contributed by atoms with Gasteiger partial charge in [-0.15, -0.1) is 0 Å². The van der Waals surface area contributed by atoms with Crippen molar-refractivity contribution in [2.24, 2.45) is 11.8 Å². The van der Waals surface area contributed by atoms with Crippen LogP contribution in [0.4, 0.5) is 25.0 Å². The fraction of sp³-hybridized carbons (Fsp3) is 0.478. The summed E-state index contributed by atoms with van der Waals surface area (Å²) in [4.78, 5) is 27.1. The van der Waals surface area contributed by atoms with Crippen LogP contribution in [0.1, 0.15) is 23.4 Å². The SMILES string of the molecule is O=C(NCC1CN(c2cc(F)c(N3CCC(C4CS(=O)(=O)C4)CC3)c(F)c2)C(=O)O1)c1ccco1. The number of nitrogens with one attached hydrogen (secondary N) is 1. The molecule has 5 rings (SSSR count). The minimum Gasteiger partial charge on any atom is -0.459 e. The number of ether oxygens (including phenoxy) is 1. The average Bonchev–Trinajstić information content (AvgIpc) is 3.46. The van der Waals surface area contributed by atoms with Crippen molar-refractivity contribution in [3.8, 4) is 0 Å². The summed E-state index contributed by atoms with van der Waals surface area (Å²) >= 11 is 0. The summed E-state index contributed by atoms with van der Waals surface area (Å²) in [5.74, 6) is -1.13. The van der Waals surface area contributed by atoms with Crippen molar-refractivity contribution in [2.75, 3.05) is 47.5 Å². The van der Waals surface area contributed by atoms with Gasteiger partial charge in [-0.3, -0.25) is 9.69 Å². The number of furan rings is 1. The lowest BCUT2D eigenvalue weighted by Gasteiger charge is -2.40. The molecule has 0 aliphatic carbocycles. The van der Waals surface area contributed by atoms with Crippen molar-refractivity contribution < 1.29 is 35.9 Å². The van der Waals surface area contributed by atoms with Gasteiger partial charge in [-0.1, -0.05) is 0 Å². The van der Waals surface area contributed by atoms with Gasteiger partial charge in [-0.25, -0.2) is 22.0 Å². The van der Waals surface area contributed by atoms with Gasteiger partial charge in [-0.2, -0.15) is 0 Å². The second-order valence-corrected chi connectivity index (χ2v) is 11.4. The minimum atomic E-state index is -2.90. The zero-order chi connectivity index (χ0) is 24.7. The average molecular weight is 510 g/mol. The molecule has 188 valence electrons. The summed E-state index contributed by atoms with van der Waals surface area (Å²) in [7, 11) is -2.90. The number of benzene rings is 1. The van der Waals surface area contributed by atoms with E-state index in [0.717, 1.165) is 17.0 Å². The first kappa shape index (κ1) is 23.6. The number of rotatable bonds is 6. The first-order valence-corrected chi connectivity index (χ1v) is 13.3. The molecule has 0 radical (unpaired) electrons. The maximum atomic E-state index is 15.0. The first-order chi connectivity index (χ1) is 16.7. The summed E-state index contributed by atoms with van der Waals surface area (Å²) < 4.78 is 63.1. The lowest BCUT2D eigenvalue weighted by molar-refractivity contribution is 0.0889. The maximum Gasteiger partial charge on any atom is 0.414 e. The van der Waals surface area contributed by atoms with E-state index in [-0.39, 0.29) is 53.6 Å². The topological polar surface area (TPSA) is 109 Å². The van der Waals surface area contributed by atoms with Crippen molar-refractivity contribution in [1.82, 2.24) is 5.32 Å². The van der Waals surface area contributed by atoms with Crippen molar-refractivity contribution >= 4 is 33.2 Å². The molecular formula is C23H25F2N3O6S. The molecule has 0 saturated carbocycles. The van der Waals surface area contributed by atoms with Crippen LogP contribution in [-0.2, 0) is 14.6 Å². The molecule has 3 saturated heterocycles. The molecule has 1 aromatic heterocycles. The van der Waals surface area contributed by atoms with Crippen LogP contribution in [-0.4, -0.2) is 64.2 Å². The van der Waals surface area contributed by atoms with E-state index in [4.69, 9.17) is 9.15 Å². The molecule has 4 heterocycles. The van der Waals surface area contributed by atoms with E-state index in [1.54, 1.807) is 11.0 Å². The number of carbonyl (C=O) groups is 2. The van der Waals surface area contributed by atoms with Crippen molar-refractivity contribution in [3.05, 3.63) is 47.9 Å². The second kappa shape index (κ2) is 9.14. The number of sulfone groups is 1. The van der Waals surface area contributed by atoms with Gasteiger partial charge in [0.2, 0.25) is 0 Å². The third-order valence-electron chi connectivity index (χ3n) is 6.88. The number of anilines is 2. The molecule has 35 heavy (non-hydrogen) atoms. The molecule has 2 amide bonds. The van der Waals surface area contributed by atoms with Crippen LogP contribution in [0.5, 0.6) is 0 Å². The third kappa shape index (κ3) is 4.84. The Morgan fingerprint density at radius 3 is 2.40 bits per heavy atom. The smallest absolute Gasteiger partial charge is 0.414 e. The Morgan fingerprint density at radius 1 is 1.11 bits per heavy atom. The summed E-state index contributed by atoms with van der Waals surface area (Å²) in [6.45, 7) is 0.891. The van der Waals surface area contributed by atoms with Gasteiger partial charge in [0.25, 0.3) is 5.91 Å². The lowest BCUT2D eigenvalue weighted by Crippen LogP contribution is -2.46. The second-order valence-electron chi connectivity index (χ2n) is 9.22. The van der Waals surface area contributed by atoms with Crippen LogP contribution >= 0.6 is 0 Å². The van der Waals surface area contributed by atoms with Crippen LogP contribution in [0.3, 0.4) is 0 Å².